The van der Waals surface area contributed by atoms with Crippen molar-refractivity contribution >= 4 is 42.4 Å². The topological polar surface area (TPSA) is 182 Å². The summed E-state index contributed by atoms with van der Waals surface area (Å²) in [4.78, 5) is 23.2. The SMILES string of the molecule is CCOc1nc(N)nc2c1ncn2[C@@H]1O[C@H](CO[P@@](=O)(N[C@@H](C)COC(=O)C(C)C)Oc2ccccc2)[C@@H](O)[C@@]1(C)Cl. The molecule has 0 saturated carbocycles. The number of nitrogens with two attached hydrogens (primary N) is 1. The number of imidazole rings is 1. The third-order valence-electron chi connectivity index (χ3n) is 6.36. The first-order valence-electron chi connectivity index (χ1n) is 13.4. The van der Waals surface area contributed by atoms with Crippen LogP contribution in [-0.2, 0) is 23.4 Å². The minimum Gasteiger partial charge on any atom is -0.476 e. The average molecular weight is 627 g/mol. The van der Waals surface area contributed by atoms with E-state index in [-0.39, 0.29) is 36.7 Å². The monoisotopic (exact) mass is 626 g/mol. The molecule has 0 radical (unpaired) electrons. The molecule has 4 rings (SSSR count). The Morgan fingerprint density at radius 1 is 1.29 bits per heavy atom. The van der Waals surface area contributed by atoms with E-state index in [9.17, 15) is 14.5 Å². The summed E-state index contributed by atoms with van der Waals surface area (Å²) < 4.78 is 43.9. The van der Waals surface area contributed by atoms with Crippen LogP contribution in [0, 0.1) is 5.92 Å². The van der Waals surface area contributed by atoms with Gasteiger partial charge >= 0.3 is 13.7 Å². The van der Waals surface area contributed by atoms with Gasteiger partial charge in [0.05, 0.1) is 25.5 Å². The van der Waals surface area contributed by atoms with Crippen molar-refractivity contribution in [3.63, 3.8) is 0 Å². The Morgan fingerprint density at radius 3 is 2.67 bits per heavy atom. The molecule has 0 amide bonds. The maximum atomic E-state index is 13.9. The standard InChI is InChI=1S/C26H36ClN6O8P/c1-6-37-22-19-21(30-25(28)31-22)33(14-29-19)24-26(5,27)20(34)18(40-24)13-39-42(36,41-17-10-8-7-9-11-17)32-16(4)12-38-23(35)15(2)3/h7-11,14-16,18,20,24,34H,6,12-13H2,1-5H3,(H,32,36)(H2,28,30,31)/t16-,18+,20+,24+,26+,42-/m0/s1. The highest BCUT2D eigenvalue weighted by atomic mass is 35.5. The number of hydrogen-bond donors (Lipinski definition) is 3. The van der Waals surface area contributed by atoms with E-state index in [2.05, 4.69) is 20.0 Å². The van der Waals surface area contributed by atoms with Gasteiger partial charge in [-0.2, -0.15) is 9.97 Å². The molecule has 4 N–H and O–H groups in total. The van der Waals surface area contributed by atoms with Crippen LogP contribution < -0.4 is 20.1 Å². The maximum Gasteiger partial charge on any atom is 0.459 e. The summed E-state index contributed by atoms with van der Waals surface area (Å²) in [6.07, 6.45) is -1.85. The number of hydrogen-bond acceptors (Lipinski definition) is 12. The molecule has 0 bridgehead atoms. The molecule has 14 nitrogen and oxygen atoms in total. The van der Waals surface area contributed by atoms with Gasteiger partial charge in [0.2, 0.25) is 11.8 Å². The number of halogens is 1. The predicted molar refractivity (Wildman–Crippen MR) is 154 cm³/mol. The van der Waals surface area contributed by atoms with Gasteiger partial charge < -0.3 is 29.6 Å². The highest BCUT2D eigenvalue weighted by Gasteiger charge is 2.54. The van der Waals surface area contributed by atoms with Crippen molar-refractivity contribution in [2.24, 2.45) is 5.92 Å². The molecule has 1 aromatic carbocycles. The van der Waals surface area contributed by atoms with Gasteiger partial charge in [-0.25, -0.2) is 14.6 Å². The lowest BCUT2D eigenvalue weighted by molar-refractivity contribution is -0.147. The van der Waals surface area contributed by atoms with Gasteiger partial charge in [-0.15, -0.1) is 11.6 Å². The lowest BCUT2D eigenvalue weighted by Gasteiger charge is -2.26. The molecular formula is C26H36ClN6O8P. The molecule has 1 saturated heterocycles. The number of nitrogen functional groups attached to an aromatic ring is 1. The van der Waals surface area contributed by atoms with Crippen LogP contribution in [0.15, 0.2) is 36.7 Å². The van der Waals surface area contributed by atoms with Gasteiger partial charge in [-0.1, -0.05) is 32.0 Å². The molecule has 3 aromatic rings. The average Bonchev–Trinajstić information content (AvgIpc) is 3.44. The van der Waals surface area contributed by atoms with E-state index in [4.69, 9.17) is 40.6 Å². The Bertz CT molecular complexity index is 1420. The van der Waals surface area contributed by atoms with E-state index in [1.165, 1.54) is 10.9 Å². The van der Waals surface area contributed by atoms with Gasteiger partial charge in [-0.3, -0.25) is 13.9 Å². The van der Waals surface area contributed by atoms with Crippen molar-refractivity contribution < 1.29 is 37.7 Å². The van der Waals surface area contributed by atoms with E-state index >= 15 is 0 Å². The Balaban J connectivity index is 1.53. The highest BCUT2D eigenvalue weighted by Crippen LogP contribution is 2.48. The van der Waals surface area contributed by atoms with Gasteiger partial charge in [0.1, 0.15) is 29.4 Å². The summed E-state index contributed by atoms with van der Waals surface area (Å²) in [5, 5.41) is 13.9. The van der Waals surface area contributed by atoms with Crippen LogP contribution in [0.25, 0.3) is 11.2 Å². The zero-order chi connectivity index (χ0) is 30.7. The molecular weight excluding hydrogens is 591 g/mol. The number of nitrogens with one attached hydrogen (secondary N) is 1. The number of aromatic nitrogens is 4. The van der Waals surface area contributed by atoms with E-state index < -0.39 is 43.1 Å². The largest absolute Gasteiger partial charge is 0.476 e. The molecule has 42 heavy (non-hydrogen) atoms. The van der Waals surface area contributed by atoms with E-state index in [0.717, 1.165) is 0 Å². The summed E-state index contributed by atoms with van der Waals surface area (Å²) in [7, 11) is -4.09. The number of aliphatic hydroxyl groups excluding tert-OH is 1. The van der Waals surface area contributed by atoms with Gasteiger partial charge in [0, 0.05) is 6.04 Å². The lowest BCUT2D eigenvalue weighted by atomic mass is 10.0. The van der Waals surface area contributed by atoms with Crippen molar-refractivity contribution in [3.8, 4) is 11.6 Å². The van der Waals surface area contributed by atoms with Crippen molar-refractivity contribution in [1.29, 1.82) is 0 Å². The third-order valence-corrected chi connectivity index (χ3v) is 8.47. The first-order chi connectivity index (χ1) is 19.8. The van der Waals surface area contributed by atoms with Crippen LogP contribution in [0.1, 0.15) is 40.8 Å². The molecule has 0 unspecified atom stereocenters. The Labute approximate surface area is 248 Å². The van der Waals surface area contributed by atoms with Crippen LogP contribution in [0.5, 0.6) is 11.6 Å². The summed E-state index contributed by atoms with van der Waals surface area (Å²) in [6.45, 7) is 8.37. The van der Waals surface area contributed by atoms with Crippen molar-refractivity contribution in [1.82, 2.24) is 24.6 Å². The predicted octanol–water partition coefficient (Wildman–Crippen LogP) is 3.44. The zero-order valence-electron chi connectivity index (χ0n) is 24.0. The van der Waals surface area contributed by atoms with E-state index in [1.54, 1.807) is 65.0 Å². The quantitative estimate of drug-likeness (QED) is 0.143. The first-order valence-corrected chi connectivity index (χ1v) is 15.4. The van der Waals surface area contributed by atoms with Crippen LogP contribution in [0.3, 0.4) is 0 Å². The van der Waals surface area contributed by atoms with Crippen molar-refractivity contribution in [2.75, 3.05) is 25.6 Å². The maximum absolute atomic E-state index is 13.9. The summed E-state index contributed by atoms with van der Waals surface area (Å²) in [6, 6.07) is 7.82. The number of carbonyl (C=O) groups excluding carboxylic acids is 1. The molecule has 3 heterocycles. The Kier molecular flexibility index (Phi) is 9.96. The number of para-hydroxylation sites is 1. The number of nitrogens with zero attached hydrogens (tertiary/aromatic N) is 4. The number of benzene rings is 1. The van der Waals surface area contributed by atoms with E-state index in [1.807, 2.05) is 0 Å². The fourth-order valence-corrected chi connectivity index (χ4v) is 6.06. The number of carbonyl (C=O) groups is 1. The Morgan fingerprint density at radius 2 is 2.00 bits per heavy atom. The minimum atomic E-state index is -4.09. The molecule has 230 valence electrons. The van der Waals surface area contributed by atoms with Crippen LogP contribution >= 0.6 is 19.3 Å². The Hall–Kier alpha value is -3.00. The van der Waals surface area contributed by atoms with Crippen molar-refractivity contribution in [3.05, 3.63) is 36.7 Å². The number of alkyl halides is 1. The minimum absolute atomic E-state index is 0.0410. The number of fused-ring (bicyclic) bond motifs is 1. The molecule has 1 aliphatic heterocycles. The molecule has 6 atom stereocenters. The zero-order valence-corrected chi connectivity index (χ0v) is 25.6. The summed E-state index contributed by atoms with van der Waals surface area (Å²) >= 11 is 6.82. The number of ether oxygens (including phenoxy) is 3. The normalized spacial score (nSPS) is 24.4. The lowest BCUT2D eigenvalue weighted by Crippen LogP contribution is -2.40. The van der Waals surface area contributed by atoms with Crippen LogP contribution in [-0.4, -0.2) is 73.5 Å². The second-order valence-corrected chi connectivity index (χ2v) is 12.8. The van der Waals surface area contributed by atoms with Crippen molar-refractivity contribution in [2.45, 2.75) is 64.0 Å². The third kappa shape index (κ3) is 7.13. The summed E-state index contributed by atoms with van der Waals surface area (Å²) in [5.74, 6) is -0.279. The number of aliphatic hydroxyl groups is 1. The molecule has 0 aliphatic carbocycles. The van der Waals surface area contributed by atoms with Gasteiger partial charge in [0.25, 0.3) is 0 Å². The molecule has 0 spiro atoms. The summed E-state index contributed by atoms with van der Waals surface area (Å²) in [5.41, 5.74) is 6.52. The fraction of sp³-hybridized carbons (Fsp3) is 0.538. The molecule has 1 fully saturated rings. The number of anilines is 1. The highest BCUT2D eigenvalue weighted by molar-refractivity contribution is 7.52. The fourth-order valence-electron chi connectivity index (χ4n) is 4.23. The van der Waals surface area contributed by atoms with Gasteiger partial charge in [0.15, 0.2) is 17.4 Å². The second-order valence-electron chi connectivity index (χ2n) is 10.3. The van der Waals surface area contributed by atoms with Crippen LogP contribution in [0.4, 0.5) is 5.95 Å². The number of rotatable bonds is 13. The smallest absolute Gasteiger partial charge is 0.459 e. The molecule has 2 aromatic heterocycles. The molecule has 16 heteroatoms. The first kappa shape index (κ1) is 31.9. The second kappa shape index (κ2) is 13.1. The van der Waals surface area contributed by atoms with E-state index in [0.29, 0.717) is 17.8 Å². The number of esters is 1. The van der Waals surface area contributed by atoms with Crippen LogP contribution in [0.2, 0.25) is 0 Å². The van der Waals surface area contributed by atoms with Gasteiger partial charge in [-0.05, 0) is 32.9 Å². The molecule has 1 aliphatic rings.